The number of nitrogens with zero attached hydrogens (tertiary/aromatic N) is 3. The van der Waals surface area contributed by atoms with E-state index in [4.69, 9.17) is 0 Å². The van der Waals surface area contributed by atoms with Crippen LogP contribution in [0.4, 0.5) is 5.82 Å². The predicted octanol–water partition coefficient (Wildman–Crippen LogP) is 2.35. The summed E-state index contributed by atoms with van der Waals surface area (Å²) >= 11 is 0. The molecule has 1 saturated heterocycles. The van der Waals surface area contributed by atoms with Gasteiger partial charge in [0, 0.05) is 32.4 Å². The van der Waals surface area contributed by atoms with Crippen LogP contribution in [0, 0.1) is 0 Å². The lowest BCUT2D eigenvalue weighted by Crippen LogP contribution is -2.44. The molecule has 0 N–H and O–H groups in total. The van der Waals surface area contributed by atoms with Crippen LogP contribution in [0.15, 0.2) is 18.3 Å². The summed E-state index contributed by atoms with van der Waals surface area (Å²) in [6.45, 7) is 8.92. The van der Waals surface area contributed by atoms with Crippen molar-refractivity contribution in [3.05, 3.63) is 23.9 Å². The van der Waals surface area contributed by atoms with Gasteiger partial charge in [0.25, 0.3) is 0 Å². The summed E-state index contributed by atoms with van der Waals surface area (Å²) in [4.78, 5) is 9.34. The molecular weight excluding hydrogens is 210 g/mol. The number of anilines is 1. The number of rotatable bonds is 3. The lowest BCUT2D eigenvalue weighted by molar-refractivity contribution is 0.312. The molecule has 1 aliphatic rings. The quantitative estimate of drug-likeness (QED) is 0.799. The molecule has 0 aliphatic carbocycles. The van der Waals surface area contributed by atoms with Gasteiger partial charge in [-0.15, -0.1) is 0 Å². The van der Waals surface area contributed by atoms with Gasteiger partial charge in [-0.1, -0.05) is 19.9 Å². The summed E-state index contributed by atoms with van der Waals surface area (Å²) in [5, 5.41) is 0. The molecular formula is C14H23N3. The molecule has 3 nitrogen and oxygen atoms in total. The van der Waals surface area contributed by atoms with Crippen LogP contribution in [0.3, 0.4) is 0 Å². The Morgan fingerprint density at radius 3 is 2.47 bits per heavy atom. The molecule has 1 fully saturated rings. The van der Waals surface area contributed by atoms with Crippen molar-refractivity contribution in [2.45, 2.75) is 26.2 Å². The smallest absolute Gasteiger partial charge is 0.128 e. The van der Waals surface area contributed by atoms with E-state index in [-0.39, 0.29) is 0 Å². The zero-order valence-corrected chi connectivity index (χ0v) is 11.2. The lowest BCUT2D eigenvalue weighted by Gasteiger charge is -2.33. The molecule has 3 heteroatoms. The van der Waals surface area contributed by atoms with Crippen LogP contribution in [0.25, 0.3) is 0 Å². The first-order valence-corrected chi connectivity index (χ1v) is 6.60. The summed E-state index contributed by atoms with van der Waals surface area (Å²) < 4.78 is 0. The Labute approximate surface area is 104 Å². The highest BCUT2D eigenvalue weighted by atomic mass is 15.3. The fraction of sp³-hybridized carbons (Fsp3) is 0.643. The molecule has 1 unspecified atom stereocenters. The van der Waals surface area contributed by atoms with Gasteiger partial charge >= 0.3 is 0 Å². The second-order valence-corrected chi connectivity index (χ2v) is 5.05. The molecule has 1 aromatic rings. The molecule has 0 bridgehead atoms. The van der Waals surface area contributed by atoms with Gasteiger partial charge in [0.05, 0.1) is 0 Å². The Morgan fingerprint density at radius 1 is 1.24 bits per heavy atom. The van der Waals surface area contributed by atoms with Gasteiger partial charge in [0.2, 0.25) is 0 Å². The first-order chi connectivity index (χ1) is 8.20. The fourth-order valence-electron chi connectivity index (χ4n) is 2.15. The summed E-state index contributed by atoms with van der Waals surface area (Å²) in [5.41, 5.74) is 1.35. The summed E-state index contributed by atoms with van der Waals surface area (Å²) in [6, 6.07) is 4.40. The molecule has 17 heavy (non-hydrogen) atoms. The molecule has 1 aliphatic heterocycles. The summed E-state index contributed by atoms with van der Waals surface area (Å²) in [7, 11) is 2.18. The summed E-state index contributed by atoms with van der Waals surface area (Å²) in [5.74, 6) is 1.74. The highest BCUT2D eigenvalue weighted by Crippen LogP contribution is 2.20. The normalized spacial score (nSPS) is 19.4. The first kappa shape index (κ1) is 12.4. The second-order valence-electron chi connectivity index (χ2n) is 5.05. The molecule has 2 rings (SSSR count). The van der Waals surface area contributed by atoms with Crippen molar-refractivity contribution < 1.29 is 0 Å². The van der Waals surface area contributed by atoms with E-state index in [9.17, 15) is 0 Å². The molecule has 0 amide bonds. The third-order valence-corrected chi connectivity index (χ3v) is 3.78. The summed E-state index contributed by atoms with van der Waals surface area (Å²) in [6.07, 6.45) is 3.22. The molecule has 0 saturated carbocycles. The highest BCUT2D eigenvalue weighted by Gasteiger charge is 2.15. The number of likely N-dealkylation sites (N-methyl/N-ethyl adjacent to an activating group) is 1. The third kappa shape index (κ3) is 2.97. The average Bonchev–Trinajstić information content (AvgIpc) is 2.39. The van der Waals surface area contributed by atoms with Gasteiger partial charge in [0.1, 0.15) is 5.82 Å². The van der Waals surface area contributed by atoms with E-state index in [1.807, 2.05) is 6.20 Å². The van der Waals surface area contributed by atoms with Crippen molar-refractivity contribution in [2.24, 2.45) is 0 Å². The van der Waals surface area contributed by atoms with Crippen molar-refractivity contribution in [1.82, 2.24) is 9.88 Å². The van der Waals surface area contributed by atoms with Crippen LogP contribution in [0.5, 0.6) is 0 Å². The molecule has 94 valence electrons. The van der Waals surface area contributed by atoms with Crippen LogP contribution in [-0.2, 0) is 0 Å². The minimum Gasteiger partial charge on any atom is -0.354 e. The highest BCUT2D eigenvalue weighted by molar-refractivity contribution is 5.40. The lowest BCUT2D eigenvalue weighted by atomic mass is 10.0. The van der Waals surface area contributed by atoms with Crippen LogP contribution in [0.1, 0.15) is 31.7 Å². The van der Waals surface area contributed by atoms with Crippen molar-refractivity contribution in [1.29, 1.82) is 0 Å². The Balaban J connectivity index is 2.02. The Bertz CT molecular complexity index is 339. The van der Waals surface area contributed by atoms with E-state index in [1.165, 1.54) is 12.0 Å². The number of pyridine rings is 1. The topological polar surface area (TPSA) is 19.4 Å². The number of hydrogen-bond acceptors (Lipinski definition) is 3. The maximum Gasteiger partial charge on any atom is 0.128 e. The van der Waals surface area contributed by atoms with E-state index in [0.29, 0.717) is 5.92 Å². The van der Waals surface area contributed by atoms with Crippen LogP contribution in [-0.4, -0.2) is 43.1 Å². The number of piperazine rings is 1. The van der Waals surface area contributed by atoms with Gasteiger partial charge in [-0.3, -0.25) is 0 Å². The largest absolute Gasteiger partial charge is 0.354 e. The molecule has 0 aromatic carbocycles. The van der Waals surface area contributed by atoms with Gasteiger partial charge < -0.3 is 9.80 Å². The predicted molar refractivity (Wildman–Crippen MR) is 72.7 cm³/mol. The van der Waals surface area contributed by atoms with E-state index >= 15 is 0 Å². The average molecular weight is 233 g/mol. The zero-order valence-electron chi connectivity index (χ0n) is 11.2. The van der Waals surface area contributed by atoms with Crippen molar-refractivity contribution in [2.75, 3.05) is 38.1 Å². The van der Waals surface area contributed by atoms with Crippen molar-refractivity contribution in [3.63, 3.8) is 0 Å². The monoisotopic (exact) mass is 233 g/mol. The zero-order chi connectivity index (χ0) is 12.3. The second kappa shape index (κ2) is 5.50. The molecule has 1 atom stereocenters. The Morgan fingerprint density at radius 2 is 1.94 bits per heavy atom. The maximum absolute atomic E-state index is 4.60. The van der Waals surface area contributed by atoms with E-state index < -0.39 is 0 Å². The molecule has 0 spiro atoms. The number of hydrogen-bond donors (Lipinski definition) is 0. The van der Waals surface area contributed by atoms with Crippen molar-refractivity contribution in [3.8, 4) is 0 Å². The third-order valence-electron chi connectivity index (χ3n) is 3.78. The van der Waals surface area contributed by atoms with Crippen molar-refractivity contribution >= 4 is 5.82 Å². The van der Waals surface area contributed by atoms with Gasteiger partial charge in [-0.05, 0) is 31.0 Å². The Hall–Kier alpha value is -1.09. The van der Waals surface area contributed by atoms with Crippen LogP contribution in [0.2, 0.25) is 0 Å². The minimum atomic E-state index is 0.615. The molecule has 0 radical (unpaired) electrons. The Kier molecular flexibility index (Phi) is 4.00. The van der Waals surface area contributed by atoms with Gasteiger partial charge in [0.15, 0.2) is 0 Å². The van der Waals surface area contributed by atoms with Crippen LogP contribution < -0.4 is 4.90 Å². The number of aromatic nitrogens is 1. The van der Waals surface area contributed by atoms with Gasteiger partial charge in [-0.25, -0.2) is 4.98 Å². The van der Waals surface area contributed by atoms with E-state index in [0.717, 1.165) is 32.0 Å². The van der Waals surface area contributed by atoms with Crippen LogP contribution >= 0.6 is 0 Å². The fourth-order valence-corrected chi connectivity index (χ4v) is 2.15. The maximum atomic E-state index is 4.60. The minimum absolute atomic E-state index is 0.615. The van der Waals surface area contributed by atoms with E-state index in [2.05, 4.69) is 47.8 Å². The molecule has 1 aromatic heterocycles. The standard InChI is InChI=1S/C14H23N3/c1-4-12(2)13-5-6-14(15-11-13)17-9-7-16(3)8-10-17/h5-6,11-12H,4,7-10H2,1-3H3. The SMILES string of the molecule is CCC(C)c1ccc(N2CCN(C)CC2)nc1. The molecule has 2 heterocycles. The first-order valence-electron chi connectivity index (χ1n) is 6.60. The van der Waals surface area contributed by atoms with Gasteiger partial charge in [-0.2, -0.15) is 0 Å². The van der Waals surface area contributed by atoms with E-state index in [1.54, 1.807) is 0 Å².